The Hall–Kier alpha value is -3.21. The van der Waals surface area contributed by atoms with Gasteiger partial charge in [0.05, 0.1) is 30.5 Å². The molecule has 5 rings (SSSR count). The first-order chi connectivity index (χ1) is 17.0. The second-order valence-electron chi connectivity index (χ2n) is 11.2. The van der Waals surface area contributed by atoms with E-state index in [0.717, 1.165) is 48.6 Å². The first kappa shape index (κ1) is 24.5. The zero-order valence-electron chi connectivity index (χ0n) is 21.8. The molecule has 2 aromatic rings. The molecule has 3 aliphatic heterocycles. The summed E-state index contributed by atoms with van der Waals surface area (Å²) in [5, 5.41) is 0. The highest BCUT2D eigenvalue weighted by atomic mass is 16.6. The highest BCUT2D eigenvalue weighted by molar-refractivity contribution is 5.74. The smallest absolute Gasteiger partial charge is 0.410 e. The van der Waals surface area contributed by atoms with Crippen LogP contribution in [-0.4, -0.2) is 87.5 Å². The van der Waals surface area contributed by atoms with Gasteiger partial charge in [-0.15, -0.1) is 0 Å². The van der Waals surface area contributed by atoms with Gasteiger partial charge in [0.25, 0.3) is 0 Å². The molecule has 1 unspecified atom stereocenters. The lowest BCUT2D eigenvalue weighted by molar-refractivity contribution is 0.0285. The van der Waals surface area contributed by atoms with E-state index in [1.165, 1.54) is 0 Å². The van der Waals surface area contributed by atoms with Crippen molar-refractivity contribution in [2.75, 3.05) is 54.9 Å². The Morgan fingerprint density at radius 1 is 1.19 bits per heavy atom. The van der Waals surface area contributed by atoms with Crippen molar-refractivity contribution >= 4 is 23.8 Å². The molecule has 11 nitrogen and oxygen atoms in total. The molecule has 0 radical (unpaired) electrons. The van der Waals surface area contributed by atoms with Gasteiger partial charge >= 0.3 is 6.09 Å². The summed E-state index contributed by atoms with van der Waals surface area (Å²) in [7, 11) is 0. The Bertz CT molecular complexity index is 1140. The first-order valence-corrected chi connectivity index (χ1v) is 12.6. The number of hydrogen-bond acceptors (Lipinski definition) is 10. The summed E-state index contributed by atoms with van der Waals surface area (Å²) in [6.45, 7) is 14.0. The largest absolute Gasteiger partial charge is 0.444 e. The minimum Gasteiger partial charge on any atom is -0.444 e. The lowest BCUT2D eigenvalue weighted by Crippen LogP contribution is -2.49. The number of fused-ring (bicyclic) bond motifs is 1. The number of carbonyl (C=O) groups is 1. The van der Waals surface area contributed by atoms with Crippen LogP contribution in [0.2, 0.25) is 0 Å². The maximum atomic E-state index is 12.8. The zero-order chi connectivity index (χ0) is 25.7. The molecule has 0 aliphatic carbocycles. The lowest BCUT2D eigenvalue weighted by atomic mass is 9.99. The van der Waals surface area contributed by atoms with Gasteiger partial charge < -0.3 is 29.9 Å². The zero-order valence-corrected chi connectivity index (χ0v) is 21.8. The molecule has 2 saturated heterocycles. The molecule has 194 valence electrons. The van der Waals surface area contributed by atoms with Gasteiger partial charge in [0.1, 0.15) is 11.4 Å². The van der Waals surface area contributed by atoms with Crippen LogP contribution < -0.4 is 15.5 Å². The molecule has 0 saturated carbocycles. The molecule has 3 aliphatic rings. The minimum atomic E-state index is -0.524. The third-order valence-electron chi connectivity index (χ3n) is 7.14. The van der Waals surface area contributed by atoms with Gasteiger partial charge in [0, 0.05) is 49.7 Å². The van der Waals surface area contributed by atoms with Crippen LogP contribution in [0.4, 0.5) is 22.5 Å². The van der Waals surface area contributed by atoms with Crippen LogP contribution in [0.15, 0.2) is 12.4 Å². The molecule has 0 aromatic carbocycles. The fourth-order valence-electron chi connectivity index (χ4n) is 5.27. The lowest BCUT2D eigenvalue weighted by Gasteiger charge is -2.38. The van der Waals surface area contributed by atoms with Crippen LogP contribution in [0.25, 0.3) is 11.3 Å². The number of likely N-dealkylation sites (tertiary alicyclic amines) is 1. The molecule has 11 heteroatoms. The van der Waals surface area contributed by atoms with Crippen molar-refractivity contribution in [3.63, 3.8) is 0 Å². The number of carbonyl (C=O) groups excluding carboxylic acids is 1. The topological polar surface area (TPSA) is 123 Å². The third-order valence-corrected chi connectivity index (χ3v) is 7.14. The Kier molecular flexibility index (Phi) is 6.14. The van der Waals surface area contributed by atoms with Gasteiger partial charge in [-0.2, -0.15) is 4.98 Å². The fourth-order valence-corrected chi connectivity index (χ4v) is 5.27. The Labute approximate surface area is 212 Å². The molecular weight excluding hydrogens is 460 g/mol. The quantitative estimate of drug-likeness (QED) is 0.678. The Morgan fingerprint density at radius 2 is 1.94 bits per heavy atom. The van der Waals surface area contributed by atoms with E-state index < -0.39 is 5.60 Å². The maximum absolute atomic E-state index is 12.8. The van der Waals surface area contributed by atoms with E-state index in [1.807, 2.05) is 25.7 Å². The summed E-state index contributed by atoms with van der Waals surface area (Å²) in [5.41, 5.74) is 7.69. The van der Waals surface area contributed by atoms with E-state index in [0.29, 0.717) is 32.3 Å². The van der Waals surface area contributed by atoms with E-state index in [2.05, 4.69) is 33.6 Å². The van der Waals surface area contributed by atoms with Crippen molar-refractivity contribution in [3.8, 4) is 11.3 Å². The van der Waals surface area contributed by atoms with E-state index in [-0.39, 0.29) is 23.6 Å². The predicted octanol–water partition coefficient (Wildman–Crippen LogP) is 2.50. The summed E-state index contributed by atoms with van der Waals surface area (Å²) < 4.78 is 11.3. The normalized spacial score (nSPS) is 24.2. The SMILES string of the molecule is C[C@@H]1COCCN1c1nc(-c2cnc(N)nc2)c2c(n1)N(C1(C)CCN(C(=O)OC(C)(C)C)C1)CC2. The van der Waals surface area contributed by atoms with Crippen molar-refractivity contribution in [1.29, 1.82) is 0 Å². The molecule has 2 aromatic heterocycles. The number of morpholine rings is 1. The minimum absolute atomic E-state index is 0.159. The molecule has 5 heterocycles. The number of anilines is 3. The van der Waals surface area contributed by atoms with Crippen LogP contribution in [0.1, 0.15) is 46.6 Å². The van der Waals surface area contributed by atoms with E-state index >= 15 is 0 Å². The molecule has 2 atom stereocenters. The van der Waals surface area contributed by atoms with Crippen molar-refractivity contribution in [2.45, 2.75) is 64.6 Å². The van der Waals surface area contributed by atoms with Crippen LogP contribution in [0.3, 0.4) is 0 Å². The average Bonchev–Trinajstić information content (AvgIpc) is 3.43. The molecule has 36 heavy (non-hydrogen) atoms. The van der Waals surface area contributed by atoms with Crippen molar-refractivity contribution in [2.24, 2.45) is 0 Å². The van der Waals surface area contributed by atoms with Gasteiger partial charge in [-0.3, -0.25) is 0 Å². The highest BCUT2D eigenvalue weighted by Gasteiger charge is 2.45. The number of nitrogens with zero attached hydrogens (tertiary/aromatic N) is 7. The predicted molar refractivity (Wildman–Crippen MR) is 137 cm³/mol. The summed E-state index contributed by atoms with van der Waals surface area (Å²) in [5.74, 6) is 1.82. The van der Waals surface area contributed by atoms with E-state index in [9.17, 15) is 4.79 Å². The standard InChI is InChI=1S/C25H36N8O3/c1-16-14-35-11-10-32(16)22-29-19(17-12-27-21(26)28-13-17)18-6-8-33(20(18)30-22)25(5)7-9-31(15-25)23(34)36-24(2,3)4/h12-13,16H,6-11,14-15H2,1-5H3,(H2,26,27,28)/t16-,25?/m1/s1. The number of amides is 1. The van der Waals surface area contributed by atoms with Crippen molar-refractivity contribution in [3.05, 3.63) is 18.0 Å². The third kappa shape index (κ3) is 4.63. The van der Waals surface area contributed by atoms with Gasteiger partial charge in [-0.25, -0.2) is 19.7 Å². The number of ether oxygens (including phenoxy) is 2. The summed E-state index contributed by atoms with van der Waals surface area (Å²) >= 11 is 0. The van der Waals surface area contributed by atoms with Crippen LogP contribution in [0, 0.1) is 0 Å². The molecule has 0 spiro atoms. The van der Waals surface area contributed by atoms with Gasteiger partial charge in [-0.1, -0.05) is 0 Å². The number of nitrogen functional groups attached to an aromatic ring is 1. The van der Waals surface area contributed by atoms with Crippen molar-refractivity contribution < 1.29 is 14.3 Å². The van der Waals surface area contributed by atoms with Crippen LogP contribution in [0.5, 0.6) is 0 Å². The monoisotopic (exact) mass is 496 g/mol. The maximum Gasteiger partial charge on any atom is 0.410 e. The highest BCUT2D eigenvalue weighted by Crippen LogP contribution is 2.41. The first-order valence-electron chi connectivity index (χ1n) is 12.6. The summed E-state index contributed by atoms with van der Waals surface area (Å²) in [6.07, 6.45) is 4.81. The van der Waals surface area contributed by atoms with Gasteiger partial charge in [-0.05, 0) is 47.5 Å². The van der Waals surface area contributed by atoms with Crippen molar-refractivity contribution in [1.82, 2.24) is 24.8 Å². The van der Waals surface area contributed by atoms with E-state index in [1.54, 1.807) is 12.4 Å². The average molecular weight is 497 g/mol. The fraction of sp³-hybridized carbons (Fsp3) is 0.640. The number of nitrogens with two attached hydrogens (primary N) is 1. The van der Waals surface area contributed by atoms with Crippen LogP contribution >= 0.6 is 0 Å². The van der Waals surface area contributed by atoms with Gasteiger partial charge in [0.15, 0.2) is 0 Å². The van der Waals surface area contributed by atoms with Gasteiger partial charge in [0.2, 0.25) is 11.9 Å². The number of rotatable bonds is 3. The molecule has 2 N–H and O–H groups in total. The molecular formula is C25H36N8O3. The van der Waals surface area contributed by atoms with E-state index in [4.69, 9.17) is 25.2 Å². The van der Waals surface area contributed by atoms with Crippen LogP contribution in [-0.2, 0) is 15.9 Å². The summed E-state index contributed by atoms with van der Waals surface area (Å²) in [6, 6.07) is 0.159. The second-order valence-corrected chi connectivity index (χ2v) is 11.2. The Balaban J connectivity index is 1.51. The second kappa shape index (κ2) is 9.02. The summed E-state index contributed by atoms with van der Waals surface area (Å²) in [4.78, 5) is 37.7. The Morgan fingerprint density at radius 3 is 2.64 bits per heavy atom. The molecule has 0 bridgehead atoms. The molecule has 1 amide bonds. The number of aromatic nitrogens is 4. The number of hydrogen-bond donors (Lipinski definition) is 1. The molecule has 2 fully saturated rings.